The van der Waals surface area contributed by atoms with Crippen molar-refractivity contribution in [3.8, 4) is 5.75 Å². The molecule has 0 radical (unpaired) electrons. The molecule has 2 rings (SSSR count). The smallest absolute Gasteiger partial charge is 0.340 e. The molecule has 0 bridgehead atoms. The number of hydrogen-bond donors (Lipinski definition) is 2. The average Bonchev–Trinajstić information content (AvgIpc) is 2.96. The highest BCUT2D eigenvalue weighted by atomic mass is 16.5. The number of rotatable bonds is 8. The number of amides is 1. The van der Waals surface area contributed by atoms with Crippen molar-refractivity contribution in [1.29, 1.82) is 0 Å². The Morgan fingerprint density at radius 3 is 2.57 bits per heavy atom. The SMILES string of the molecule is CCOC(=O)c1c(C)[nH]c(C(=O)NCC(c2cccc(OC)c2)N(C)C)c1C. The summed E-state index contributed by atoms with van der Waals surface area (Å²) in [5.74, 6) is 0.0897. The fourth-order valence-electron chi connectivity index (χ4n) is 3.21. The predicted octanol–water partition coefficient (Wildman–Crippen LogP) is 2.85. The van der Waals surface area contributed by atoms with Gasteiger partial charge in [-0.3, -0.25) is 4.79 Å². The van der Waals surface area contributed by atoms with E-state index in [2.05, 4.69) is 10.3 Å². The van der Waals surface area contributed by atoms with Crippen molar-refractivity contribution in [1.82, 2.24) is 15.2 Å². The maximum Gasteiger partial charge on any atom is 0.340 e. The number of H-pyrrole nitrogens is 1. The lowest BCUT2D eigenvalue weighted by molar-refractivity contribution is 0.0525. The maximum atomic E-state index is 12.8. The number of carbonyl (C=O) groups is 2. The highest BCUT2D eigenvalue weighted by Gasteiger charge is 2.24. The Morgan fingerprint density at radius 1 is 1.25 bits per heavy atom. The summed E-state index contributed by atoms with van der Waals surface area (Å²) in [6.45, 7) is 5.95. The Labute approximate surface area is 166 Å². The van der Waals surface area contributed by atoms with E-state index < -0.39 is 5.97 Å². The number of aryl methyl sites for hydroxylation is 1. The first-order valence-corrected chi connectivity index (χ1v) is 9.24. The van der Waals surface area contributed by atoms with Crippen molar-refractivity contribution in [3.05, 3.63) is 52.3 Å². The molecule has 2 aromatic rings. The monoisotopic (exact) mass is 387 g/mol. The van der Waals surface area contributed by atoms with Gasteiger partial charge in [-0.05, 0) is 58.1 Å². The number of hydrogen-bond acceptors (Lipinski definition) is 5. The number of likely N-dealkylation sites (N-methyl/N-ethyl adjacent to an activating group) is 1. The summed E-state index contributed by atoms with van der Waals surface area (Å²) in [4.78, 5) is 29.9. The molecule has 0 aliphatic carbocycles. The number of carbonyl (C=O) groups excluding carboxylic acids is 2. The second-order valence-corrected chi connectivity index (χ2v) is 6.81. The summed E-state index contributed by atoms with van der Waals surface area (Å²) in [5, 5.41) is 2.96. The lowest BCUT2D eigenvalue weighted by Crippen LogP contribution is -2.35. The van der Waals surface area contributed by atoms with Crippen molar-refractivity contribution in [2.75, 3.05) is 34.4 Å². The van der Waals surface area contributed by atoms with Gasteiger partial charge in [0.1, 0.15) is 11.4 Å². The van der Waals surface area contributed by atoms with Gasteiger partial charge in [0.05, 0.1) is 25.3 Å². The van der Waals surface area contributed by atoms with E-state index in [4.69, 9.17) is 9.47 Å². The van der Waals surface area contributed by atoms with Crippen LogP contribution in [0.4, 0.5) is 0 Å². The van der Waals surface area contributed by atoms with E-state index >= 15 is 0 Å². The molecule has 1 heterocycles. The highest BCUT2D eigenvalue weighted by molar-refractivity contribution is 6.00. The van der Waals surface area contributed by atoms with Crippen LogP contribution in [-0.4, -0.2) is 56.1 Å². The largest absolute Gasteiger partial charge is 0.497 e. The van der Waals surface area contributed by atoms with Gasteiger partial charge in [0.2, 0.25) is 0 Å². The molecule has 7 nitrogen and oxygen atoms in total. The van der Waals surface area contributed by atoms with Gasteiger partial charge in [-0.25, -0.2) is 4.79 Å². The second-order valence-electron chi connectivity index (χ2n) is 6.81. The molecule has 1 atom stereocenters. The molecular weight excluding hydrogens is 358 g/mol. The minimum atomic E-state index is -0.421. The zero-order valence-corrected chi connectivity index (χ0v) is 17.4. The third kappa shape index (κ3) is 4.72. The van der Waals surface area contributed by atoms with Crippen LogP contribution in [0.5, 0.6) is 5.75 Å². The number of benzene rings is 1. The Balaban J connectivity index is 2.17. The van der Waals surface area contributed by atoms with Crippen molar-refractivity contribution in [2.45, 2.75) is 26.8 Å². The van der Waals surface area contributed by atoms with Crippen molar-refractivity contribution in [3.63, 3.8) is 0 Å². The molecule has 28 heavy (non-hydrogen) atoms. The van der Waals surface area contributed by atoms with E-state index in [1.54, 1.807) is 27.9 Å². The summed E-state index contributed by atoms with van der Waals surface area (Å²) in [6, 6.07) is 7.75. The van der Waals surface area contributed by atoms with Crippen molar-refractivity contribution < 1.29 is 19.1 Å². The number of aromatic nitrogens is 1. The molecule has 0 spiro atoms. The zero-order valence-electron chi connectivity index (χ0n) is 17.4. The average molecular weight is 387 g/mol. The first-order valence-electron chi connectivity index (χ1n) is 9.24. The van der Waals surface area contributed by atoms with Crippen LogP contribution < -0.4 is 10.1 Å². The minimum Gasteiger partial charge on any atom is -0.497 e. The van der Waals surface area contributed by atoms with Crippen LogP contribution in [0, 0.1) is 13.8 Å². The van der Waals surface area contributed by atoms with Gasteiger partial charge < -0.3 is 24.7 Å². The van der Waals surface area contributed by atoms with Gasteiger partial charge in [-0.15, -0.1) is 0 Å². The van der Waals surface area contributed by atoms with E-state index in [1.165, 1.54) is 0 Å². The van der Waals surface area contributed by atoms with Gasteiger partial charge in [0, 0.05) is 12.2 Å². The Morgan fingerprint density at radius 2 is 1.96 bits per heavy atom. The van der Waals surface area contributed by atoms with Gasteiger partial charge in [-0.2, -0.15) is 0 Å². The molecule has 152 valence electrons. The molecule has 1 amide bonds. The van der Waals surface area contributed by atoms with Crippen LogP contribution in [0.1, 0.15) is 50.6 Å². The number of esters is 1. The number of ether oxygens (including phenoxy) is 2. The molecule has 7 heteroatoms. The molecule has 1 aromatic heterocycles. The van der Waals surface area contributed by atoms with E-state index in [1.807, 2.05) is 43.3 Å². The van der Waals surface area contributed by atoms with E-state index in [0.29, 0.717) is 29.1 Å². The van der Waals surface area contributed by atoms with Gasteiger partial charge >= 0.3 is 5.97 Å². The number of methoxy groups -OCH3 is 1. The van der Waals surface area contributed by atoms with E-state index in [-0.39, 0.29) is 18.6 Å². The quantitative estimate of drug-likeness (QED) is 0.681. The number of nitrogens with one attached hydrogen (secondary N) is 2. The van der Waals surface area contributed by atoms with E-state index in [9.17, 15) is 9.59 Å². The summed E-state index contributed by atoms with van der Waals surface area (Å²) < 4.78 is 10.4. The van der Waals surface area contributed by atoms with E-state index in [0.717, 1.165) is 11.3 Å². The molecule has 0 saturated carbocycles. The fraction of sp³-hybridized carbons (Fsp3) is 0.429. The van der Waals surface area contributed by atoms with Crippen molar-refractivity contribution in [2.24, 2.45) is 0 Å². The summed E-state index contributed by atoms with van der Waals surface area (Å²) in [7, 11) is 5.54. The van der Waals surface area contributed by atoms with Crippen molar-refractivity contribution >= 4 is 11.9 Å². The highest BCUT2D eigenvalue weighted by Crippen LogP contribution is 2.23. The van der Waals surface area contributed by atoms with Crippen LogP contribution in [-0.2, 0) is 4.74 Å². The maximum absolute atomic E-state index is 12.8. The normalized spacial score (nSPS) is 12.0. The number of nitrogens with zero attached hydrogens (tertiary/aromatic N) is 1. The summed E-state index contributed by atoms with van der Waals surface area (Å²) in [6.07, 6.45) is 0. The third-order valence-corrected chi connectivity index (χ3v) is 4.70. The first-order chi connectivity index (χ1) is 13.3. The van der Waals surface area contributed by atoms with Gasteiger partial charge in [-0.1, -0.05) is 12.1 Å². The fourth-order valence-corrected chi connectivity index (χ4v) is 3.21. The minimum absolute atomic E-state index is 0.0278. The lowest BCUT2D eigenvalue weighted by Gasteiger charge is -2.25. The third-order valence-electron chi connectivity index (χ3n) is 4.70. The van der Waals surface area contributed by atoms with Gasteiger partial charge in [0.25, 0.3) is 5.91 Å². The topological polar surface area (TPSA) is 83.7 Å². The summed E-state index contributed by atoms with van der Waals surface area (Å²) in [5.41, 5.74) is 3.05. The van der Waals surface area contributed by atoms with Crippen LogP contribution in [0.15, 0.2) is 24.3 Å². The standard InChI is InChI=1S/C21H29N3O4/c1-7-28-21(26)18-13(2)19(23-14(18)3)20(25)22-12-17(24(4)5)15-9-8-10-16(11-15)27-6/h8-11,17,23H,7,12H2,1-6H3,(H,22,25). The zero-order chi connectivity index (χ0) is 20.8. The Kier molecular flexibility index (Phi) is 7.23. The summed E-state index contributed by atoms with van der Waals surface area (Å²) >= 11 is 0. The molecule has 0 aliphatic rings. The van der Waals surface area contributed by atoms with Crippen LogP contribution in [0.2, 0.25) is 0 Å². The van der Waals surface area contributed by atoms with Crippen LogP contribution >= 0.6 is 0 Å². The number of aromatic amines is 1. The molecule has 1 aromatic carbocycles. The molecule has 1 unspecified atom stereocenters. The Hall–Kier alpha value is -2.80. The van der Waals surface area contributed by atoms with Crippen LogP contribution in [0.25, 0.3) is 0 Å². The van der Waals surface area contributed by atoms with Gasteiger partial charge in [0.15, 0.2) is 0 Å². The Bertz CT molecular complexity index is 842. The molecule has 0 fully saturated rings. The predicted molar refractivity (Wildman–Crippen MR) is 108 cm³/mol. The molecule has 0 saturated heterocycles. The molecule has 2 N–H and O–H groups in total. The molecular formula is C21H29N3O4. The lowest BCUT2D eigenvalue weighted by atomic mass is 10.1. The van der Waals surface area contributed by atoms with Crippen LogP contribution in [0.3, 0.4) is 0 Å². The second kappa shape index (κ2) is 9.41. The molecule has 0 aliphatic heterocycles. The first kappa shape index (κ1) is 21.5.